The van der Waals surface area contributed by atoms with Crippen LogP contribution in [-0.2, 0) is 0 Å². The zero-order valence-corrected chi connectivity index (χ0v) is 10.7. The highest BCUT2D eigenvalue weighted by molar-refractivity contribution is 7.99. The third kappa shape index (κ3) is 2.46. The van der Waals surface area contributed by atoms with Gasteiger partial charge in [-0.15, -0.1) is 0 Å². The van der Waals surface area contributed by atoms with Gasteiger partial charge in [0.05, 0.1) is 5.69 Å². The number of nitrogens with zero attached hydrogens (tertiary/aromatic N) is 1. The van der Waals surface area contributed by atoms with Crippen molar-refractivity contribution in [3.63, 3.8) is 0 Å². The van der Waals surface area contributed by atoms with Crippen LogP contribution in [0.2, 0.25) is 0 Å². The van der Waals surface area contributed by atoms with Crippen molar-refractivity contribution in [2.75, 3.05) is 17.2 Å². The van der Waals surface area contributed by atoms with Crippen molar-refractivity contribution in [3.05, 3.63) is 30.3 Å². The molecule has 0 radical (unpaired) electrons. The van der Waals surface area contributed by atoms with Crippen LogP contribution in [0.5, 0.6) is 5.75 Å². The number of hydrogen-bond acceptors (Lipinski definition) is 4. The number of nitrogen functional groups attached to an aromatic ring is 1. The zero-order chi connectivity index (χ0) is 12.4. The van der Waals surface area contributed by atoms with E-state index in [-0.39, 0.29) is 0 Å². The van der Waals surface area contributed by atoms with E-state index in [1.54, 1.807) is 0 Å². The van der Waals surface area contributed by atoms with Gasteiger partial charge in [0.15, 0.2) is 0 Å². The van der Waals surface area contributed by atoms with Crippen LogP contribution in [-0.4, -0.2) is 27.8 Å². The van der Waals surface area contributed by atoms with Crippen LogP contribution in [0.4, 0.5) is 5.82 Å². The zero-order valence-electron chi connectivity index (χ0n) is 9.93. The SMILES string of the molecule is Nc1cc(-c2ccc(OC3CCSC3)cc2)[nH]n1. The lowest BCUT2D eigenvalue weighted by atomic mass is 10.1. The Labute approximate surface area is 110 Å². The molecule has 5 heteroatoms. The second-order valence-corrected chi connectivity index (χ2v) is 5.48. The first-order valence-electron chi connectivity index (χ1n) is 5.97. The van der Waals surface area contributed by atoms with Gasteiger partial charge >= 0.3 is 0 Å². The maximum Gasteiger partial charge on any atom is 0.145 e. The normalized spacial score (nSPS) is 19.0. The predicted molar refractivity (Wildman–Crippen MR) is 74.8 cm³/mol. The van der Waals surface area contributed by atoms with Crippen molar-refractivity contribution in [1.82, 2.24) is 10.2 Å². The first-order valence-corrected chi connectivity index (χ1v) is 7.12. The molecule has 1 aromatic heterocycles. The molecular weight excluding hydrogens is 246 g/mol. The minimum absolute atomic E-state index is 0.364. The lowest BCUT2D eigenvalue weighted by molar-refractivity contribution is 0.229. The number of aromatic nitrogens is 2. The minimum Gasteiger partial charge on any atom is -0.490 e. The van der Waals surface area contributed by atoms with Gasteiger partial charge in [-0.2, -0.15) is 16.9 Å². The number of nitrogens with one attached hydrogen (secondary N) is 1. The predicted octanol–water partition coefficient (Wildman–Crippen LogP) is 2.54. The van der Waals surface area contributed by atoms with Crippen LogP contribution in [0.15, 0.2) is 30.3 Å². The molecule has 0 aliphatic carbocycles. The lowest BCUT2D eigenvalue weighted by Gasteiger charge is -2.12. The van der Waals surface area contributed by atoms with Gasteiger partial charge in [-0.3, -0.25) is 5.10 Å². The van der Waals surface area contributed by atoms with Gasteiger partial charge in [0.25, 0.3) is 0 Å². The molecule has 1 unspecified atom stereocenters. The Morgan fingerprint density at radius 2 is 2.17 bits per heavy atom. The highest BCUT2D eigenvalue weighted by Gasteiger charge is 2.16. The maximum absolute atomic E-state index is 5.90. The van der Waals surface area contributed by atoms with E-state index >= 15 is 0 Å². The molecule has 0 amide bonds. The van der Waals surface area contributed by atoms with Gasteiger partial charge in [-0.25, -0.2) is 0 Å². The average Bonchev–Trinajstić information content (AvgIpc) is 3.02. The lowest BCUT2D eigenvalue weighted by Crippen LogP contribution is -2.14. The van der Waals surface area contributed by atoms with E-state index in [2.05, 4.69) is 10.2 Å². The minimum atomic E-state index is 0.364. The van der Waals surface area contributed by atoms with Crippen molar-refractivity contribution in [2.24, 2.45) is 0 Å². The molecule has 1 saturated heterocycles. The highest BCUT2D eigenvalue weighted by atomic mass is 32.2. The number of hydrogen-bond donors (Lipinski definition) is 2. The van der Waals surface area contributed by atoms with Gasteiger partial charge in [-0.1, -0.05) is 0 Å². The highest BCUT2D eigenvalue weighted by Crippen LogP contribution is 2.25. The summed E-state index contributed by atoms with van der Waals surface area (Å²) in [5, 5.41) is 6.81. The number of aromatic amines is 1. The van der Waals surface area contributed by atoms with Crippen LogP contribution < -0.4 is 10.5 Å². The Bertz CT molecular complexity index is 517. The molecule has 4 nitrogen and oxygen atoms in total. The third-order valence-electron chi connectivity index (χ3n) is 2.95. The molecular formula is C13H15N3OS. The fourth-order valence-corrected chi connectivity index (χ4v) is 3.09. The van der Waals surface area contributed by atoms with Crippen molar-refractivity contribution in [2.45, 2.75) is 12.5 Å². The van der Waals surface area contributed by atoms with E-state index in [1.807, 2.05) is 42.1 Å². The molecule has 3 rings (SSSR count). The smallest absolute Gasteiger partial charge is 0.145 e. The number of H-pyrrole nitrogens is 1. The number of thioether (sulfide) groups is 1. The van der Waals surface area contributed by atoms with E-state index in [0.717, 1.165) is 29.2 Å². The van der Waals surface area contributed by atoms with Gasteiger partial charge in [0.1, 0.15) is 17.7 Å². The monoisotopic (exact) mass is 261 g/mol. The second kappa shape index (κ2) is 4.94. The Kier molecular flexibility index (Phi) is 3.15. The van der Waals surface area contributed by atoms with E-state index in [9.17, 15) is 0 Å². The fraction of sp³-hybridized carbons (Fsp3) is 0.308. The Morgan fingerprint density at radius 3 is 2.78 bits per heavy atom. The topological polar surface area (TPSA) is 63.9 Å². The third-order valence-corrected chi connectivity index (χ3v) is 4.09. The van der Waals surface area contributed by atoms with Crippen LogP contribution in [0.1, 0.15) is 6.42 Å². The summed E-state index contributed by atoms with van der Waals surface area (Å²) in [5.41, 5.74) is 7.57. The van der Waals surface area contributed by atoms with Gasteiger partial charge in [0.2, 0.25) is 0 Å². The number of anilines is 1. The van der Waals surface area contributed by atoms with E-state index in [0.29, 0.717) is 11.9 Å². The van der Waals surface area contributed by atoms with Crippen molar-refractivity contribution >= 4 is 17.6 Å². The first-order chi connectivity index (χ1) is 8.81. The van der Waals surface area contributed by atoms with Gasteiger partial charge in [-0.05, 0) is 42.0 Å². The molecule has 0 spiro atoms. The summed E-state index contributed by atoms with van der Waals surface area (Å²) in [4.78, 5) is 0. The summed E-state index contributed by atoms with van der Waals surface area (Å²) in [7, 11) is 0. The fourth-order valence-electron chi connectivity index (χ4n) is 2.00. The van der Waals surface area contributed by atoms with Crippen LogP contribution >= 0.6 is 11.8 Å². The Balaban J connectivity index is 1.72. The summed E-state index contributed by atoms with van der Waals surface area (Å²) >= 11 is 1.95. The first kappa shape index (κ1) is 11.5. The molecule has 1 aliphatic heterocycles. The molecule has 1 atom stereocenters. The molecule has 0 bridgehead atoms. The summed E-state index contributed by atoms with van der Waals surface area (Å²) in [6, 6.07) is 9.85. The largest absolute Gasteiger partial charge is 0.490 e. The summed E-state index contributed by atoms with van der Waals surface area (Å²) in [6.07, 6.45) is 1.51. The van der Waals surface area contributed by atoms with E-state index in [4.69, 9.17) is 10.5 Å². The van der Waals surface area contributed by atoms with Crippen LogP contribution in [0.25, 0.3) is 11.3 Å². The Morgan fingerprint density at radius 1 is 1.33 bits per heavy atom. The van der Waals surface area contributed by atoms with Crippen LogP contribution in [0.3, 0.4) is 0 Å². The van der Waals surface area contributed by atoms with E-state index in [1.165, 1.54) is 5.75 Å². The second-order valence-electron chi connectivity index (χ2n) is 4.33. The number of rotatable bonds is 3. The van der Waals surface area contributed by atoms with E-state index < -0.39 is 0 Å². The molecule has 2 aromatic rings. The molecule has 1 aromatic carbocycles. The van der Waals surface area contributed by atoms with Crippen molar-refractivity contribution < 1.29 is 4.74 Å². The molecule has 0 saturated carbocycles. The summed E-state index contributed by atoms with van der Waals surface area (Å²) in [6.45, 7) is 0. The molecule has 3 N–H and O–H groups in total. The number of ether oxygens (including phenoxy) is 1. The average molecular weight is 261 g/mol. The molecule has 2 heterocycles. The number of benzene rings is 1. The Hall–Kier alpha value is -1.62. The van der Waals surface area contributed by atoms with Crippen molar-refractivity contribution in [1.29, 1.82) is 0 Å². The van der Waals surface area contributed by atoms with Gasteiger partial charge in [0, 0.05) is 11.8 Å². The quantitative estimate of drug-likeness (QED) is 0.891. The standard InChI is InChI=1S/C13H15N3OS/c14-13-7-12(15-16-13)9-1-3-10(4-2-9)17-11-5-6-18-8-11/h1-4,7,11H,5-6,8H2,(H3,14,15,16). The molecule has 1 aliphatic rings. The van der Waals surface area contributed by atoms with Gasteiger partial charge < -0.3 is 10.5 Å². The van der Waals surface area contributed by atoms with Crippen LogP contribution in [0, 0.1) is 0 Å². The molecule has 18 heavy (non-hydrogen) atoms. The summed E-state index contributed by atoms with van der Waals surface area (Å²) < 4.78 is 5.90. The van der Waals surface area contributed by atoms with Crippen molar-refractivity contribution in [3.8, 4) is 17.0 Å². The maximum atomic E-state index is 5.90. The summed E-state index contributed by atoms with van der Waals surface area (Å²) in [5.74, 6) is 3.74. The number of nitrogens with two attached hydrogens (primary N) is 1. The molecule has 94 valence electrons. The molecule has 1 fully saturated rings.